The van der Waals surface area contributed by atoms with Crippen LogP contribution in [0.2, 0.25) is 0 Å². The molecule has 0 radical (unpaired) electrons. The Morgan fingerprint density at radius 2 is 1.88 bits per heavy atom. The third-order valence-electron chi connectivity index (χ3n) is 2.39. The maximum atomic E-state index is 13.3. The SMILES string of the molecule is OC(Cc1cc(F)ccc1F)c1cncnc1. The van der Waals surface area contributed by atoms with Gasteiger partial charge in [-0.3, -0.25) is 0 Å². The van der Waals surface area contributed by atoms with Crippen molar-refractivity contribution >= 4 is 0 Å². The number of aliphatic hydroxyl groups is 1. The molecule has 0 saturated heterocycles. The van der Waals surface area contributed by atoms with Crippen LogP contribution < -0.4 is 0 Å². The maximum absolute atomic E-state index is 13.3. The predicted molar refractivity (Wildman–Crippen MR) is 57.1 cm³/mol. The monoisotopic (exact) mass is 236 g/mol. The van der Waals surface area contributed by atoms with Crippen LogP contribution in [0, 0.1) is 11.6 Å². The van der Waals surface area contributed by atoms with Crippen molar-refractivity contribution < 1.29 is 13.9 Å². The fourth-order valence-electron chi connectivity index (χ4n) is 1.51. The van der Waals surface area contributed by atoms with Gasteiger partial charge in [0.25, 0.3) is 0 Å². The number of hydrogen-bond acceptors (Lipinski definition) is 3. The minimum Gasteiger partial charge on any atom is -0.388 e. The van der Waals surface area contributed by atoms with Gasteiger partial charge < -0.3 is 5.11 Å². The highest BCUT2D eigenvalue weighted by Gasteiger charge is 2.12. The van der Waals surface area contributed by atoms with E-state index < -0.39 is 17.7 Å². The lowest BCUT2D eigenvalue weighted by atomic mass is 10.0. The number of nitrogens with zero attached hydrogens (tertiary/aromatic N) is 2. The van der Waals surface area contributed by atoms with E-state index in [1.165, 1.54) is 18.7 Å². The molecule has 2 aromatic rings. The van der Waals surface area contributed by atoms with Gasteiger partial charge in [0, 0.05) is 24.4 Å². The molecule has 1 N–H and O–H groups in total. The Morgan fingerprint density at radius 3 is 2.59 bits per heavy atom. The minimum atomic E-state index is -0.951. The molecule has 2 rings (SSSR count). The standard InChI is InChI=1S/C12H10F2N2O/c13-10-1-2-11(14)8(3-10)4-12(17)9-5-15-7-16-6-9/h1-3,5-7,12,17H,4H2. The van der Waals surface area contributed by atoms with Crippen LogP contribution in [-0.4, -0.2) is 15.1 Å². The zero-order chi connectivity index (χ0) is 12.3. The van der Waals surface area contributed by atoms with E-state index in [0.717, 1.165) is 18.2 Å². The third-order valence-corrected chi connectivity index (χ3v) is 2.39. The summed E-state index contributed by atoms with van der Waals surface area (Å²) in [6.07, 6.45) is 3.24. The number of rotatable bonds is 3. The molecule has 3 nitrogen and oxygen atoms in total. The Kier molecular flexibility index (Phi) is 3.39. The largest absolute Gasteiger partial charge is 0.388 e. The van der Waals surface area contributed by atoms with E-state index in [9.17, 15) is 13.9 Å². The quantitative estimate of drug-likeness (QED) is 0.886. The van der Waals surface area contributed by atoms with Crippen LogP contribution in [0.1, 0.15) is 17.2 Å². The molecule has 0 amide bonds. The number of aliphatic hydroxyl groups excluding tert-OH is 1. The van der Waals surface area contributed by atoms with E-state index in [1.54, 1.807) is 0 Å². The van der Waals surface area contributed by atoms with E-state index in [2.05, 4.69) is 9.97 Å². The zero-order valence-corrected chi connectivity index (χ0v) is 8.85. The van der Waals surface area contributed by atoms with E-state index in [-0.39, 0.29) is 12.0 Å². The summed E-state index contributed by atoms with van der Waals surface area (Å²) < 4.78 is 26.3. The van der Waals surface area contributed by atoms with Gasteiger partial charge in [-0.2, -0.15) is 0 Å². The molecule has 0 aliphatic rings. The Labute approximate surface area is 96.8 Å². The molecule has 1 aromatic heterocycles. The van der Waals surface area contributed by atoms with Gasteiger partial charge in [-0.1, -0.05) is 0 Å². The first-order valence-corrected chi connectivity index (χ1v) is 5.03. The highest BCUT2D eigenvalue weighted by Crippen LogP contribution is 2.19. The summed E-state index contributed by atoms with van der Waals surface area (Å²) in [5.74, 6) is -1.07. The Balaban J connectivity index is 2.18. The molecular formula is C12H10F2N2O. The topological polar surface area (TPSA) is 46.0 Å². The average molecular weight is 236 g/mol. The maximum Gasteiger partial charge on any atom is 0.126 e. The molecule has 0 bridgehead atoms. The summed E-state index contributed by atoms with van der Waals surface area (Å²) in [6, 6.07) is 3.15. The van der Waals surface area contributed by atoms with Crippen molar-refractivity contribution in [2.45, 2.75) is 12.5 Å². The Hall–Kier alpha value is -1.88. The van der Waals surface area contributed by atoms with Gasteiger partial charge in [0.2, 0.25) is 0 Å². The van der Waals surface area contributed by atoms with Crippen LogP contribution >= 0.6 is 0 Å². The molecule has 0 aliphatic heterocycles. The van der Waals surface area contributed by atoms with Crippen LogP contribution in [0.5, 0.6) is 0 Å². The van der Waals surface area contributed by atoms with Crippen LogP contribution in [0.4, 0.5) is 8.78 Å². The van der Waals surface area contributed by atoms with Gasteiger partial charge >= 0.3 is 0 Å². The number of aromatic nitrogens is 2. The van der Waals surface area contributed by atoms with E-state index in [4.69, 9.17) is 0 Å². The van der Waals surface area contributed by atoms with Gasteiger partial charge in [0.1, 0.15) is 18.0 Å². The second-order valence-electron chi connectivity index (χ2n) is 3.63. The lowest BCUT2D eigenvalue weighted by molar-refractivity contribution is 0.176. The van der Waals surface area contributed by atoms with Crippen LogP contribution in [0.3, 0.4) is 0 Å². The minimum absolute atomic E-state index is 0.0169. The molecular weight excluding hydrogens is 226 g/mol. The smallest absolute Gasteiger partial charge is 0.126 e. The highest BCUT2D eigenvalue weighted by atomic mass is 19.1. The molecule has 17 heavy (non-hydrogen) atoms. The molecule has 1 aromatic carbocycles. The molecule has 5 heteroatoms. The lowest BCUT2D eigenvalue weighted by Crippen LogP contribution is -2.04. The summed E-state index contributed by atoms with van der Waals surface area (Å²) in [7, 11) is 0. The molecule has 88 valence electrons. The molecule has 0 aliphatic carbocycles. The fourth-order valence-corrected chi connectivity index (χ4v) is 1.51. The summed E-state index contributed by atoms with van der Waals surface area (Å²) in [6.45, 7) is 0. The van der Waals surface area contributed by atoms with Gasteiger partial charge in [0.05, 0.1) is 6.10 Å². The molecule has 0 spiro atoms. The van der Waals surface area contributed by atoms with Gasteiger partial charge in [-0.15, -0.1) is 0 Å². The van der Waals surface area contributed by atoms with Crippen molar-refractivity contribution in [1.29, 1.82) is 0 Å². The van der Waals surface area contributed by atoms with Gasteiger partial charge in [0.15, 0.2) is 0 Å². The first-order valence-electron chi connectivity index (χ1n) is 5.03. The third kappa shape index (κ3) is 2.82. The fraction of sp³-hybridized carbons (Fsp3) is 0.167. The average Bonchev–Trinajstić information content (AvgIpc) is 2.35. The van der Waals surface area contributed by atoms with Gasteiger partial charge in [-0.25, -0.2) is 18.7 Å². The first kappa shape index (κ1) is 11.6. The summed E-state index contributed by atoms with van der Waals surface area (Å²) in [4.78, 5) is 7.50. The van der Waals surface area contributed by atoms with Crippen molar-refractivity contribution in [1.82, 2.24) is 9.97 Å². The van der Waals surface area contributed by atoms with Crippen LogP contribution in [-0.2, 0) is 6.42 Å². The summed E-state index contributed by atoms with van der Waals surface area (Å²) in [5, 5.41) is 9.82. The number of benzene rings is 1. The van der Waals surface area contributed by atoms with Crippen LogP contribution in [0.15, 0.2) is 36.9 Å². The first-order chi connectivity index (χ1) is 8.16. The van der Waals surface area contributed by atoms with Crippen molar-refractivity contribution in [3.05, 3.63) is 59.7 Å². The van der Waals surface area contributed by atoms with E-state index in [0.29, 0.717) is 5.56 Å². The second kappa shape index (κ2) is 4.97. The Morgan fingerprint density at radius 1 is 1.18 bits per heavy atom. The van der Waals surface area contributed by atoms with Crippen molar-refractivity contribution in [2.75, 3.05) is 0 Å². The molecule has 1 atom stereocenters. The van der Waals surface area contributed by atoms with Crippen molar-refractivity contribution in [2.24, 2.45) is 0 Å². The highest BCUT2D eigenvalue weighted by molar-refractivity contribution is 5.21. The molecule has 1 unspecified atom stereocenters. The van der Waals surface area contributed by atoms with E-state index in [1.807, 2.05) is 0 Å². The zero-order valence-electron chi connectivity index (χ0n) is 8.85. The summed E-state index contributed by atoms with van der Waals surface area (Å²) in [5.41, 5.74) is 0.595. The molecule has 0 saturated carbocycles. The summed E-state index contributed by atoms with van der Waals surface area (Å²) >= 11 is 0. The molecule has 1 heterocycles. The predicted octanol–water partition coefficient (Wildman–Crippen LogP) is 2.03. The van der Waals surface area contributed by atoms with E-state index >= 15 is 0 Å². The normalized spacial score (nSPS) is 12.4. The Bertz CT molecular complexity index is 505. The van der Waals surface area contributed by atoms with Gasteiger partial charge in [-0.05, 0) is 23.8 Å². The van der Waals surface area contributed by atoms with Crippen LogP contribution in [0.25, 0.3) is 0 Å². The van der Waals surface area contributed by atoms with Crippen molar-refractivity contribution in [3.63, 3.8) is 0 Å². The second-order valence-corrected chi connectivity index (χ2v) is 3.63. The number of hydrogen-bond donors (Lipinski definition) is 1. The van der Waals surface area contributed by atoms with Crippen molar-refractivity contribution in [3.8, 4) is 0 Å². The molecule has 0 fully saturated rings. The lowest BCUT2D eigenvalue weighted by Gasteiger charge is -2.10. The number of halogens is 2.